The number of aliphatic carboxylic acids is 1. The molecule has 0 aromatic heterocycles. The van der Waals surface area contributed by atoms with Crippen LogP contribution in [-0.4, -0.2) is 47.4 Å². The highest BCUT2D eigenvalue weighted by Crippen LogP contribution is 2.43. The Balaban J connectivity index is 1.77. The number of nitrogens with zero attached hydrogens (tertiary/aromatic N) is 3. The van der Waals surface area contributed by atoms with Gasteiger partial charge >= 0.3 is 18.2 Å². The molecule has 8 nitrogen and oxygen atoms in total. The summed E-state index contributed by atoms with van der Waals surface area (Å²) in [7, 11) is 1.60. The van der Waals surface area contributed by atoms with Gasteiger partial charge in [0, 0.05) is 25.0 Å². The van der Waals surface area contributed by atoms with Gasteiger partial charge in [0.15, 0.2) is 5.92 Å². The normalized spacial score (nSPS) is 19.7. The topological polar surface area (TPSA) is 98.2 Å². The van der Waals surface area contributed by atoms with Crippen LogP contribution in [0.3, 0.4) is 0 Å². The molecule has 0 saturated carbocycles. The molecule has 2 aliphatic rings. The molecule has 36 heavy (non-hydrogen) atoms. The number of anilines is 2. The highest BCUT2D eigenvalue weighted by molar-refractivity contribution is 6.31. The lowest BCUT2D eigenvalue weighted by Gasteiger charge is -2.37. The van der Waals surface area contributed by atoms with Crippen LogP contribution in [0.4, 0.5) is 29.3 Å². The Bertz CT molecular complexity index is 1310. The number of hydrogen-bond donors (Lipinski definition) is 1. The van der Waals surface area contributed by atoms with E-state index in [-0.39, 0.29) is 11.6 Å². The number of amides is 4. The van der Waals surface area contributed by atoms with Crippen LogP contribution in [0.1, 0.15) is 30.5 Å². The fraction of sp³-hybridized carbons (Fsp3) is 0.333. The molecular weight excluding hydrogens is 503 g/mol. The number of rotatable bonds is 4. The van der Waals surface area contributed by atoms with Crippen LogP contribution in [0, 0.1) is 5.92 Å². The fourth-order valence-corrected chi connectivity index (χ4v) is 4.93. The predicted molar refractivity (Wildman–Crippen MR) is 124 cm³/mol. The molecule has 0 aliphatic carbocycles. The number of urea groups is 1. The molecule has 1 fully saturated rings. The van der Waals surface area contributed by atoms with E-state index in [4.69, 9.17) is 11.6 Å². The number of alkyl halides is 3. The average molecular weight is 524 g/mol. The molecule has 0 radical (unpaired) electrons. The lowest BCUT2D eigenvalue weighted by molar-refractivity contribution is -0.151. The molecule has 2 aliphatic heterocycles. The van der Waals surface area contributed by atoms with E-state index in [0.717, 1.165) is 17.0 Å². The summed E-state index contributed by atoms with van der Waals surface area (Å²) in [6, 6.07) is 7.01. The van der Waals surface area contributed by atoms with E-state index < -0.39 is 64.7 Å². The number of likely N-dealkylation sites (N-methyl/N-ethyl adjacent to an activating group) is 1. The quantitative estimate of drug-likeness (QED) is 0.603. The van der Waals surface area contributed by atoms with Crippen LogP contribution in [0.25, 0.3) is 0 Å². The van der Waals surface area contributed by atoms with Gasteiger partial charge in [-0.05, 0) is 49.2 Å². The number of carboxylic acids is 1. The smallest absolute Gasteiger partial charge is 0.418 e. The summed E-state index contributed by atoms with van der Waals surface area (Å²) < 4.78 is 41.0. The Morgan fingerprint density at radius 1 is 1.17 bits per heavy atom. The number of hydrogen-bond acceptors (Lipinski definition) is 4. The number of halogens is 4. The number of carbonyl (C=O) groups excluding carboxylic acids is 3. The minimum atomic E-state index is -4.87. The lowest BCUT2D eigenvalue weighted by atomic mass is 9.86. The molecule has 2 aromatic carbocycles. The van der Waals surface area contributed by atoms with Gasteiger partial charge in [-0.2, -0.15) is 13.2 Å². The van der Waals surface area contributed by atoms with Crippen LogP contribution in [0.15, 0.2) is 36.4 Å². The Hall–Kier alpha value is -3.60. The zero-order valence-electron chi connectivity index (χ0n) is 19.4. The zero-order valence-corrected chi connectivity index (χ0v) is 20.1. The van der Waals surface area contributed by atoms with Gasteiger partial charge in [-0.1, -0.05) is 23.7 Å². The van der Waals surface area contributed by atoms with Crippen LogP contribution < -0.4 is 9.80 Å². The van der Waals surface area contributed by atoms with Crippen molar-refractivity contribution in [3.05, 3.63) is 58.1 Å². The van der Waals surface area contributed by atoms with Crippen molar-refractivity contribution in [3.63, 3.8) is 0 Å². The monoisotopic (exact) mass is 523 g/mol. The minimum absolute atomic E-state index is 0.180. The molecule has 0 bridgehead atoms. The summed E-state index contributed by atoms with van der Waals surface area (Å²) in [6.45, 7) is 2.06. The molecule has 12 heteroatoms. The van der Waals surface area contributed by atoms with Gasteiger partial charge in [0.2, 0.25) is 11.8 Å². The summed E-state index contributed by atoms with van der Waals surface area (Å²) in [5.41, 5.74) is -1.19. The molecule has 4 rings (SSSR count). The second-order valence-corrected chi connectivity index (χ2v) is 9.58. The Kier molecular flexibility index (Phi) is 6.02. The van der Waals surface area contributed by atoms with Crippen molar-refractivity contribution >= 4 is 46.8 Å². The zero-order chi connectivity index (χ0) is 26.7. The molecule has 2 aromatic rings. The first-order valence-electron chi connectivity index (χ1n) is 10.8. The van der Waals surface area contributed by atoms with Crippen LogP contribution in [-0.2, 0) is 32.5 Å². The SMILES string of the molecule is CN1C(=O)C(C)(C)c2cc(N3CC(C(=O)O)C(=O)N(Cc4cccc(Cl)c4C(F)(F)F)C3=O)ccc21. The first kappa shape index (κ1) is 25.5. The van der Waals surface area contributed by atoms with Crippen molar-refractivity contribution in [2.45, 2.75) is 32.0 Å². The number of carboxylic acid groups (broad SMARTS) is 1. The standard InChI is InChI=1S/C24H21ClF3N3O5/c1-23(2)15-9-13(7-8-17(15)29(3)21(23)35)30-11-14(20(33)34)19(32)31(22(30)36)10-12-5-4-6-16(25)18(12)24(26,27)28/h4-9,14H,10-11H2,1-3H3,(H,33,34). The summed E-state index contributed by atoms with van der Waals surface area (Å²) in [4.78, 5) is 53.8. The second kappa shape index (κ2) is 8.51. The van der Waals surface area contributed by atoms with E-state index in [2.05, 4.69) is 0 Å². The molecule has 1 unspecified atom stereocenters. The molecule has 1 N–H and O–H groups in total. The Morgan fingerprint density at radius 2 is 1.83 bits per heavy atom. The van der Waals surface area contributed by atoms with Gasteiger partial charge in [0.05, 0.1) is 22.5 Å². The number of fused-ring (bicyclic) bond motifs is 1. The van der Waals surface area contributed by atoms with E-state index in [1.54, 1.807) is 33.0 Å². The van der Waals surface area contributed by atoms with Crippen molar-refractivity contribution in [1.82, 2.24) is 4.90 Å². The third-order valence-corrected chi connectivity index (χ3v) is 6.88. The molecule has 2 heterocycles. The predicted octanol–water partition coefficient (Wildman–Crippen LogP) is 4.28. The number of imide groups is 1. The van der Waals surface area contributed by atoms with E-state index in [9.17, 15) is 37.5 Å². The summed E-state index contributed by atoms with van der Waals surface area (Å²) in [5.74, 6) is -4.54. The minimum Gasteiger partial charge on any atom is -0.481 e. The third-order valence-electron chi connectivity index (χ3n) is 6.57. The Labute approximate surface area is 208 Å². The third kappa shape index (κ3) is 3.97. The highest BCUT2D eigenvalue weighted by atomic mass is 35.5. The maximum atomic E-state index is 13.7. The molecule has 1 atom stereocenters. The van der Waals surface area contributed by atoms with Crippen molar-refractivity contribution in [1.29, 1.82) is 0 Å². The fourth-order valence-electron chi connectivity index (χ4n) is 4.63. The summed E-state index contributed by atoms with van der Waals surface area (Å²) in [6.07, 6.45) is -4.87. The first-order chi connectivity index (χ1) is 16.7. The molecule has 4 amide bonds. The van der Waals surface area contributed by atoms with Gasteiger partial charge in [-0.25, -0.2) is 4.79 Å². The van der Waals surface area contributed by atoms with Crippen molar-refractivity contribution in [2.24, 2.45) is 5.92 Å². The van der Waals surface area contributed by atoms with Gasteiger partial charge in [0.25, 0.3) is 0 Å². The summed E-state index contributed by atoms with van der Waals surface area (Å²) >= 11 is 5.77. The molecule has 0 spiro atoms. The van der Waals surface area contributed by atoms with E-state index in [0.29, 0.717) is 16.2 Å². The van der Waals surface area contributed by atoms with Crippen molar-refractivity contribution in [3.8, 4) is 0 Å². The van der Waals surface area contributed by atoms with Crippen molar-refractivity contribution < 1.29 is 37.5 Å². The van der Waals surface area contributed by atoms with E-state index >= 15 is 0 Å². The average Bonchev–Trinajstić information content (AvgIpc) is 2.95. The summed E-state index contributed by atoms with van der Waals surface area (Å²) in [5, 5.41) is 9.03. The molecule has 1 saturated heterocycles. The highest BCUT2D eigenvalue weighted by Gasteiger charge is 2.47. The second-order valence-electron chi connectivity index (χ2n) is 9.17. The molecular formula is C24H21ClF3N3O5. The largest absolute Gasteiger partial charge is 0.481 e. The van der Waals surface area contributed by atoms with Gasteiger partial charge in [-0.3, -0.25) is 24.2 Å². The number of carbonyl (C=O) groups is 4. The lowest BCUT2D eigenvalue weighted by Crippen LogP contribution is -2.58. The molecule has 190 valence electrons. The van der Waals surface area contributed by atoms with Gasteiger partial charge in [-0.15, -0.1) is 0 Å². The van der Waals surface area contributed by atoms with E-state index in [1.807, 2.05) is 0 Å². The maximum absolute atomic E-state index is 13.7. The van der Waals surface area contributed by atoms with Crippen molar-refractivity contribution in [2.75, 3.05) is 23.4 Å². The first-order valence-corrected chi connectivity index (χ1v) is 11.2. The maximum Gasteiger partial charge on any atom is 0.418 e. The van der Waals surface area contributed by atoms with E-state index in [1.165, 1.54) is 17.0 Å². The van der Waals surface area contributed by atoms with Gasteiger partial charge < -0.3 is 10.0 Å². The van der Waals surface area contributed by atoms with Crippen LogP contribution >= 0.6 is 11.6 Å². The number of benzene rings is 2. The van der Waals surface area contributed by atoms with Crippen LogP contribution in [0.2, 0.25) is 5.02 Å². The Morgan fingerprint density at radius 3 is 2.44 bits per heavy atom. The van der Waals surface area contributed by atoms with Crippen LogP contribution in [0.5, 0.6) is 0 Å². The van der Waals surface area contributed by atoms with Gasteiger partial charge in [0.1, 0.15) is 0 Å².